The predicted molar refractivity (Wildman–Crippen MR) is 245 cm³/mol. The van der Waals surface area contributed by atoms with E-state index in [0.717, 1.165) is 34.8 Å². The molecule has 3 atom stereocenters. The van der Waals surface area contributed by atoms with Gasteiger partial charge in [-0.3, -0.25) is 0 Å². The average molecular weight is 762 g/mol. The molecule has 3 unspecified atom stereocenters. The molecule has 3 aliphatic rings. The van der Waals surface area contributed by atoms with Gasteiger partial charge in [0, 0.05) is 37.2 Å². The largest absolute Gasteiger partial charge is 0.310 e. The third kappa shape index (κ3) is 5.21. The molecule has 9 aromatic rings. The van der Waals surface area contributed by atoms with Crippen LogP contribution in [0.3, 0.4) is 0 Å². The van der Waals surface area contributed by atoms with Gasteiger partial charge in [0.15, 0.2) is 0 Å². The van der Waals surface area contributed by atoms with Crippen LogP contribution in [-0.2, 0) is 5.41 Å². The van der Waals surface area contributed by atoms with E-state index in [4.69, 9.17) is 0 Å². The molecule has 0 N–H and O–H groups in total. The monoisotopic (exact) mass is 761 g/mol. The number of hydrogen-bond donors (Lipinski definition) is 0. The fourth-order valence-corrected chi connectivity index (χ4v) is 12.3. The van der Waals surface area contributed by atoms with Crippen LogP contribution in [0.2, 0.25) is 0 Å². The molecule has 1 nitrogen and oxygen atoms in total. The van der Waals surface area contributed by atoms with E-state index >= 15 is 0 Å². The van der Waals surface area contributed by atoms with Crippen LogP contribution in [0, 0.1) is 11.8 Å². The first kappa shape index (κ1) is 33.9. The molecule has 278 valence electrons. The Morgan fingerprint density at radius 3 is 1.78 bits per heavy atom. The van der Waals surface area contributed by atoms with Gasteiger partial charge >= 0.3 is 0 Å². The van der Waals surface area contributed by atoms with Gasteiger partial charge in [-0.25, -0.2) is 0 Å². The van der Waals surface area contributed by atoms with Gasteiger partial charge in [0.2, 0.25) is 0 Å². The van der Waals surface area contributed by atoms with E-state index in [1.165, 1.54) is 95.9 Å². The highest BCUT2D eigenvalue weighted by Crippen LogP contribution is 2.57. The first-order valence-corrected chi connectivity index (χ1v) is 21.8. The van der Waals surface area contributed by atoms with Crippen molar-refractivity contribution >= 4 is 48.6 Å². The van der Waals surface area contributed by atoms with Crippen molar-refractivity contribution in [2.75, 3.05) is 4.90 Å². The molecule has 1 aromatic heterocycles. The predicted octanol–water partition coefficient (Wildman–Crippen LogP) is 15.5. The molecular formula is C56H43NS. The summed E-state index contributed by atoms with van der Waals surface area (Å²) in [5.41, 5.74) is 14.9. The summed E-state index contributed by atoms with van der Waals surface area (Å²) in [6.45, 7) is 0. The topological polar surface area (TPSA) is 3.24 Å². The summed E-state index contributed by atoms with van der Waals surface area (Å²) in [6.07, 6.45) is 5.69. The number of fused-ring (bicyclic) bond motifs is 8. The Labute approximate surface area is 344 Å². The molecule has 0 aliphatic heterocycles. The van der Waals surface area contributed by atoms with Crippen molar-refractivity contribution in [1.82, 2.24) is 0 Å². The lowest BCUT2D eigenvalue weighted by molar-refractivity contribution is 0.420. The lowest BCUT2D eigenvalue weighted by Gasteiger charge is -2.34. The standard InChI is InChI=1S/C56H43NS/c1-3-11-42(12-4-1)56(43-13-5-2-6-14-43)52-17-9-7-15-47(52)50-35-45(29-31-53(50)56)57(46-30-32-55-51(36-46)48-16-8-10-18-54(48)58-55)44-27-25-39(26-28-44)38-21-23-40(24-22-38)49-34-37-19-20-41(49)33-37/h1-18,21-32,35-37,41,49H,19-20,33-34H2. The van der Waals surface area contributed by atoms with Crippen molar-refractivity contribution in [3.63, 3.8) is 0 Å². The summed E-state index contributed by atoms with van der Waals surface area (Å²) in [6, 6.07) is 73.0. The summed E-state index contributed by atoms with van der Waals surface area (Å²) >= 11 is 1.87. The van der Waals surface area contributed by atoms with Crippen LogP contribution in [0.1, 0.15) is 59.4 Å². The number of anilines is 3. The molecule has 0 saturated heterocycles. The minimum atomic E-state index is -0.430. The van der Waals surface area contributed by atoms with Gasteiger partial charge in [0.05, 0.1) is 5.41 Å². The second-order valence-electron chi connectivity index (χ2n) is 16.8. The summed E-state index contributed by atoms with van der Waals surface area (Å²) < 4.78 is 2.64. The molecule has 12 rings (SSSR count). The number of hydrogen-bond acceptors (Lipinski definition) is 2. The highest BCUT2D eigenvalue weighted by atomic mass is 32.1. The van der Waals surface area contributed by atoms with E-state index in [-0.39, 0.29) is 0 Å². The number of rotatable bonds is 7. The van der Waals surface area contributed by atoms with Crippen molar-refractivity contribution < 1.29 is 0 Å². The molecule has 58 heavy (non-hydrogen) atoms. The van der Waals surface area contributed by atoms with Gasteiger partial charge in [0.25, 0.3) is 0 Å². The fourth-order valence-electron chi connectivity index (χ4n) is 11.3. The molecule has 0 amide bonds. The lowest BCUT2D eigenvalue weighted by atomic mass is 9.68. The van der Waals surface area contributed by atoms with Crippen LogP contribution in [0.15, 0.2) is 194 Å². The summed E-state index contributed by atoms with van der Waals surface area (Å²) in [5.74, 6) is 2.61. The average Bonchev–Trinajstić information content (AvgIpc) is 4.09. The maximum atomic E-state index is 2.46. The molecule has 3 aliphatic carbocycles. The van der Waals surface area contributed by atoms with Gasteiger partial charge in [0.1, 0.15) is 0 Å². The van der Waals surface area contributed by atoms with Gasteiger partial charge in [-0.2, -0.15) is 0 Å². The molecule has 2 saturated carbocycles. The number of nitrogens with zero attached hydrogens (tertiary/aromatic N) is 1. The minimum absolute atomic E-state index is 0.430. The summed E-state index contributed by atoms with van der Waals surface area (Å²) in [4.78, 5) is 2.46. The number of thiophene rings is 1. The van der Waals surface area contributed by atoms with Gasteiger partial charge in [-0.15, -0.1) is 11.3 Å². The van der Waals surface area contributed by atoms with Crippen LogP contribution in [0.5, 0.6) is 0 Å². The summed E-state index contributed by atoms with van der Waals surface area (Å²) in [7, 11) is 0. The van der Waals surface area contributed by atoms with Crippen LogP contribution in [0.4, 0.5) is 17.1 Å². The third-order valence-electron chi connectivity index (χ3n) is 13.9. The molecule has 2 fully saturated rings. The first-order chi connectivity index (χ1) is 28.7. The lowest BCUT2D eigenvalue weighted by Crippen LogP contribution is -2.28. The Kier molecular flexibility index (Phi) is 7.85. The van der Waals surface area contributed by atoms with Crippen molar-refractivity contribution in [1.29, 1.82) is 0 Å². The second kappa shape index (κ2) is 13.4. The van der Waals surface area contributed by atoms with Gasteiger partial charge in [-0.1, -0.05) is 152 Å². The Balaban J connectivity index is 1.00. The zero-order valence-electron chi connectivity index (χ0n) is 32.4. The van der Waals surface area contributed by atoms with Crippen LogP contribution >= 0.6 is 11.3 Å². The molecule has 2 heteroatoms. The maximum Gasteiger partial charge on any atom is 0.0713 e. The van der Waals surface area contributed by atoms with E-state index in [1.807, 2.05) is 11.3 Å². The fraction of sp³-hybridized carbons (Fsp3) is 0.143. The quantitative estimate of drug-likeness (QED) is 0.156. The Hall–Kier alpha value is -6.22. The van der Waals surface area contributed by atoms with Gasteiger partial charge < -0.3 is 4.90 Å². The minimum Gasteiger partial charge on any atom is -0.310 e. The Bertz CT molecular complexity index is 2920. The normalized spacial score (nSPS) is 18.7. The Morgan fingerprint density at radius 1 is 0.448 bits per heavy atom. The van der Waals surface area contributed by atoms with Gasteiger partial charge in [-0.05, 0) is 136 Å². The van der Waals surface area contributed by atoms with Crippen molar-refractivity contribution in [3.05, 3.63) is 222 Å². The molecule has 1 heterocycles. The molecular weight excluding hydrogens is 719 g/mol. The van der Waals surface area contributed by atoms with E-state index in [1.54, 1.807) is 0 Å². The van der Waals surface area contributed by atoms with Crippen molar-refractivity contribution in [3.8, 4) is 22.3 Å². The zero-order chi connectivity index (χ0) is 38.2. The van der Waals surface area contributed by atoms with E-state index < -0.39 is 5.41 Å². The third-order valence-corrected chi connectivity index (χ3v) is 15.0. The molecule has 8 aromatic carbocycles. The van der Waals surface area contributed by atoms with E-state index in [0.29, 0.717) is 0 Å². The molecule has 0 radical (unpaired) electrons. The number of benzene rings is 8. The van der Waals surface area contributed by atoms with Crippen molar-refractivity contribution in [2.45, 2.75) is 37.0 Å². The maximum absolute atomic E-state index is 2.46. The van der Waals surface area contributed by atoms with Crippen molar-refractivity contribution in [2.24, 2.45) is 11.8 Å². The zero-order valence-corrected chi connectivity index (χ0v) is 33.2. The van der Waals surface area contributed by atoms with E-state index in [9.17, 15) is 0 Å². The summed E-state index contributed by atoms with van der Waals surface area (Å²) in [5, 5.41) is 2.61. The SMILES string of the molecule is c1ccc(C2(c3ccccc3)c3ccccc3-c3cc(N(c4ccc(-c5ccc(C6CC7CCC6C7)cc5)cc4)c4ccc5sc6ccccc6c5c4)ccc32)cc1. The Morgan fingerprint density at radius 2 is 1.05 bits per heavy atom. The van der Waals surface area contributed by atoms with Crippen LogP contribution in [-0.4, -0.2) is 0 Å². The first-order valence-electron chi connectivity index (χ1n) is 21.0. The van der Waals surface area contributed by atoms with Crippen LogP contribution in [0.25, 0.3) is 42.4 Å². The highest BCUT2D eigenvalue weighted by Gasteiger charge is 2.46. The molecule has 2 bridgehead atoms. The smallest absolute Gasteiger partial charge is 0.0713 e. The second-order valence-corrected chi connectivity index (χ2v) is 17.9. The highest BCUT2D eigenvalue weighted by molar-refractivity contribution is 7.25. The van der Waals surface area contributed by atoms with Crippen LogP contribution < -0.4 is 4.90 Å². The molecule has 0 spiro atoms. The van der Waals surface area contributed by atoms with E-state index in [2.05, 4.69) is 199 Å².